The molecule has 2 atom stereocenters. The number of para-hydroxylation sites is 1. The molecule has 3 N–H and O–H groups in total. The van der Waals surface area contributed by atoms with Gasteiger partial charge in [0.05, 0.1) is 14.2 Å². The van der Waals surface area contributed by atoms with Gasteiger partial charge in [-0.15, -0.1) is 0 Å². The van der Waals surface area contributed by atoms with E-state index >= 15 is 0 Å². The van der Waals surface area contributed by atoms with Crippen molar-refractivity contribution in [1.82, 2.24) is 10.6 Å². The van der Waals surface area contributed by atoms with E-state index in [1.165, 1.54) is 14.2 Å². The number of carbonyl (C=O) groups is 2. The number of hydrogen-bond donors (Lipinski definition) is 3. The van der Waals surface area contributed by atoms with E-state index in [-0.39, 0.29) is 37.4 Å². The molecule has 0 bridgehead atoms. The first-order chi connectivity index (χ1) is 14.4. The highest BCUT2D eigenvalue weighted by molar-refractivity contribution is 5.94. The lowest BCUT2D eigenvalue weighted by atomic mass is 10.1. The van der Waals surface area contributed by atoms with Gasteiger partial charge in [-0.1, -0.05) is 24.3 Å². The zero-order valence-corrected chi connectivity index (χ0v) is 17.4. The standard InChI is InChI=1S/C22H28N2O6/c1-15(24-22(27)16-8-5-4-6-9-16)12-20(26)23-13-17(25)14-30-21-18(28-2)10-7-11-19(21)29-3/h4-11,15,17,25H,12-14H2,1-3H3,(H,23,26)(H,24,27). The molecule has 2 amide bonds. The molecule has 0 radical (unpaired) electrons. The fraction of sp³-hybridized carbons (Fsp3) is 0.364. The Kier molecular flexibility index (Phi) is 8.96. The van der Waals surface area contributed by atoms with E-state index in [0.29, 0.717) is 22.8 Å². The van der Waals surface area contributed by atoms with Crippen LogP contribution in [0.5, 0.6) is 17.2 Å². The second-order valence-corrected chi connectivity index (χ2v) is 6.71. The molecule has 2 aromatic carbocycles. The molecular weight excluding hydrogens is 388 g/mol. The Morgan fingerprint density at radius 3 is 2.23 bits per heavy atom. The lowest BCUT2D eigenvalue weighted by molar-refractivity contribution is -0.122. The van der Waals surface area contributed by atoms with Crippen LogP contribution in [0.4, 0.5) is 0 Å². The van der Waals surface area contributed by atoms with Crippen LogP contribution in [-0.4, -0.2) is 56.4 Å². The van der Waals surface area contributed by atoms with Gasteiger partial charge in [-0.05, 0) is 31.2 Å². The summed E-state index contributed by atoms with van der Waals surface area (Å²) in [5, 5.41) is 15.5. The van der Waals surface area contributed by atoms with Gasteiger partial charge in [0.25, 0.3) is 5.91 Å². The summed E-state index contributed by atoms with van der Waals surface area (Å²) in [5.74, 6) is 0.812. The number of benzene rings is 2. The summed E-state index contributed by atoms with van der Waals surface area (Å²) in [7, 11) is 3.02. The summed E-state index contributed by atoms with van der Waals surface area (Å²) in [4.78, 5) is 24.2. The molecule has 30 heavy (non-hydrogen) atoms. The number of ether oxygens (including phenoxy) is 3. The maximum atomic E-state index is 12.1. The number of nitrogens with one attached hydrogen (secondary N) is 2. The van der Waals surface area contributed by atoms with Crippen molar-refractivity contribution < 1.29 is 28.9 Å². The molecule has 0 aliphatic rings. The van der Waals surface area contributed by atoms with Crippen molar-refractivity contribution in [2.45, 2.75) is 25.5 Å². The first-order valence-electron chi connectivity index (χ1n) is 9.59. The van der Waals surface area contributed by atoms with Gasteiger partial charge in [-0.2, -0.15) is 0 Å². The number of methoxy groups -OCH3 is 2. The van der Waals surface area contributed by atoms with E-state index in [9.17, 15) is 14.7 Å². The van der Waals surface area contributed by atoms with Crippen LogP contribution >= 0.6 is 0 Å². The van der Waals surface area contributed by atoms with Crippen LogP contribution in [0.25, 0.3) is 0 Å². The molecule has 0 aliphatic carbocycles. The molecule has 162 valence electrons. The molecular formula is C22H28N2O6. The topological polar surface area (TPSA) is 106 Å². The van der Waals surface area contributed by atoms with E-state index < -0.39 is 6.10 Å². The second kappa shape index (κ2) is 11.7. The molecule has 0 aromatic heterocycles. The number of amides is 2. The minimum atomic E-state index is -0.933. The van der Waals surface area contributed by atoms with Crippen molar-refractivity contribution >= 4 is 11.8 Å². The Balaban J connectivity index is 1.75. The highest BCUT2D eigenvalue weighted by atomic mass is 16.5. The largest absolute Gasteiger partial charge is 0.493 e. The summed E-state index contributed by atoms with van der Waals surface area (Å²) >= 11 is 0. The summed E-state index contributed by atoms with van der Waals surface area (Å²) in [6, 6.07) is 13.6. The zero-order chi connectivity index (χ0) is 21.9. The number of rotatable bonds is 11. The van der Waals surface area contributed by atoms with Gasteiger partial charge in [0.15, 0.2) is 11.5 Å². The first kappa shape index (κ1) is 23.0. The van der Waals surface area contributed by atoms with Crippen molar-refractivity contribution in [3.8, 4) is 17.2 Å². The molecule has 0 saturated heterocycles. The van der Waals surface area contributed by atoms with E-state index in [1.807, 2.05) is 6.07 Å². The van der Waals surface area contributed by atoms with Gasteiger partial charge in [0.2, 0.25) is 11.7 Å². The average Bonchev–Trinajstić information content (AvgIpc) is 2.76. The number of aliphatic hydroxyl groups is 1. The summed E-state index contributed by atoms with van der Waals surface area (Å²) in [6.07, 6.45) is -0.843. The van der Waals surface area contributed by atoms with Gasteiger partial charge in [0.1, 0.15) is 12.7 Å². The van der Waals surface area contributed by atoms with Crippen LogP contribution in [-0.2, 0) is 4.79 Å². The Bertz CT molecular complexity index is 805. The van der Waals surface area contributed by atoms with Gasteiger partial charge >= 0.3 is 0 Å². The number of carbonyl (C=O) groups excluding carboxylic acids is 2. The molecule has 8 nitrogen and oxygen atoms in total. The van der Waals surface area contributed by atoms with Crippen LogP contribution in [0.1, 0.15) is 23.7 Å². The number of hydrogen-bond acceptors (Lipinski definition) is 6. The normalized spacial score (nSPS) is 12.4. The lowest BCUT2D eigenvalue weighted by Gasteiger charge is -2.18. The highest BCUT2D eigenvalue weighted by Crippen LogP contribution is 2.36. The Morgan fingerprint density at radius 2 is 1.63 bits per heavy atom. The number of aliphatic hydroxyl groups excluding tert-OH is 1. The quantitative estimate of drug-likeness (QED) is 0.516. The maximum absolute atomic E-state index is 12.1. The Hall–Kier alpha value is -3.26. The van der Waals surface area contributed by atoms with Crippen molar-refractivity contribution in [2.75, 3.05) is 27.4 Å². The molecule has 0 fully saturated rings. The summed E-state index contributed by atoms with van der Waals surface area (Å²) in [5.41, 5.74) is 0.532. The van der Waals surface area contributed by atoms with Gasteiger partial charge in [0, 0.05) is 24.6 Å². The van der Waals surface area contributed by atoms with E-state index in [0.717, 1.165) is 0 Å². The van der Waals surface area contributed by atoms with Crippen LogP contribution in [0.15, 0.2) is 48.5 Å². The molecule has 8 heteroatoms. The predicted octanol–water partition coefficient (Wildman–Crippen LogP) is 1.77. The summed E-state index contributed by atoms with van der Waals surface area (Å²) in [6.45, 7) is 1.70. The Morgan fingerprint density at radius 1 is 1.00 bits per heavy atom. The van der Waals surface area contributed by atoms with E-state index in [4.69, 9.17) is 14.2 Å². The van der Waals surface area contributed by atoms with Crippen molar-refractivity contribution in [3.05, 3.63) is 54.1 Å². The molecule has 2 unspecified atom stereocenters. The minimum absolute atomic E-state index is 0.00957. The van der Waals surface area contributed by atoms with Crippen LogP contribution in [0.3, 0.4) is 0 Å². The zero-order valence-electron chi connectivity index (χ0n) is 17.4. The predicted molar refractivity (Wildman–Crippen MR) is 112 cm³/mol. The molecule has 0 heterocycles. The second-order valence-electron chi connectivity index (χ2n) is 6.71. The van der Waals surface area contributed by atoms with Crippen molar-refractivity contribution in [3.63, 3.8) is 0 Å². The third-order valence-electron chi connectivity index (χ3n) is 4.24. The smallest absolute Gasteiger partial charge is 0.251 e. The molecule has 2 aromatic rings. The fourth-order valence-corrected chi connectivity index (χ4v) is 2.73. The molecule has 0 aliphatic heterocycles. The van der Waals surface area contributed by atoms with Gasteiger partial charge < -0.3 is 30.0 Å². The maximum Gasteiger partial charge on any atom is 0.251 e. The monoisotopic (exact) mass is 416 g/mol. The average molecular weight is 416 g/mol. The minimum Gasteiger partial charge on any atom is -0.493 e. The van der Waals surface area contributed by atoms with Crippen LogP contribution < -0.4 is 24.8 Å². The molecule has 0 saturated carbocycles. The highest BCUT2D eigenvalue weighted by Gasteiger charge is 2.16. The SMILES string of the molecule is COc1cccc(OC)c1OCC(O)CNC(=O)CC(C)NC(=O)c1ccccc1. The van der Waals surface area contributed by atoms with Gasteiger partial charge in [-0.25, -0.2) is 0 Å². The fourth-order valence-electron chi connectivity index (χ4n) is 2.73. The molecule has 2 rings (SSSR count). The van der Waals surface area contributed by atoms with E-state index in [2.05, 4.69) is 10.6 Å². The summed E-state index contributed by atoms with van der Waals surface area (Å²) < 4.78 is 16.1. The van der Waals surface area contributed by atoms with Crippen molar-refractivity contribution in [2.24, 2.45) is 0 Å². The first-order valence-corrected chi connectivity index (χ1v) is 9.59. The lowest BCUT2D eigenvalue weighted by Crippen LogP contribution is -2.40. The van der Waals surface area contributed by atoms with Crippen LogP contribution in [0.2, 0.25) is 0 Å². The van der Waals surface area contributed by atoms with E-state index in [1.54, 1.807) is 49.4 Å². The Labute approximate surface area is 176 Å². The van der Waals surface area contributed by atoms with Gasteiger partial charge in [-0.3, -0.25) is 9.59 Å². The third-order valence-corrected chi connectivity index (χ3v) is 4.24. The van der Waals surface area contributed by atoms with Crippen molar-refractivity contribution in [1.29, 1.82) is 0 Å². The van der Waals surface area contributed by atoms with Crippen LogP contribution in [0, 0.1) is 0 Å². The third kappa shape index (κ3) is 6.97. The molecule has 0 spiro atoms.